The Morgan fingerprint density at radius 2 is 0.400 bits per heavy atom. The zero-order valence-corrected chi connectivity index (χ0v) is 5.76. The monoisotopic (exact) mass is 119 g/mol. The molecule has 0 atom stereocenters. The predicted molar refractivity (Wildman–Crippen MR) is 15.8 cm³/mol. The Bertz CT molecular complexity index is 3.61. The fraction of sp³-hybridized carbons (Fsp3) is 0. The van der Waals surface area contributed by atoms with Gasteiger partial charge in [-0.15, -0.1) is 0 Å². The topological polar surface area (TPSA) is 0 Å². The van der Waals surface area contributed by atoms with Crippen molar-refractivity contribution in [3.05, 3.63) is 0 Å². The Balaban J connectivity index is 0. The van der Waals surface area contributed by atoms with Crippen LogP contribution in [0, 0.1) is 0 Å². The summed E-state index contributed by atoms with van der Waals surface area (Å²) in [7, 11) is 0. The SMILES string of the molecule is F.F.F.F.[K]. The minimum Gasteiger partial charge on any atom is -0.269 e. The van der Waals surface area contributed by atoms with Crippen molar-refractivity contribution in [2.45, 2.75) is 0 Å². The third kappa shape index (κ3) is 32.8. The van der Waals surface area contributed by atoms with Crippen molar-refractivity contribution in [1.29, 1.82) is 0 Å². The Morgan fingerprint density at radius 1 is 0.400 bits per heavy atom. The van der Waals surface area contributed by atoms with Gasteiger partial charge in [-0.25, -0.2) is 0 Å². The van der Waals surface area contributed by atoms with Gasteiger partial charge in [0.05, 0.1) is 0 Å². The van der Waals surface area contributed by atoms with Gasteiger partial charge in [0.1, 0.15) is 0 Å². The summed E-state index contributed by atoms with van der Waals surface area (Å²) in [6.45, 7) is 0. The van der Waals surface area contributed by atoms with Gasteiger partial charge < -0.3 is 0 Å². The minimum absolute atomic E-state index is 0. The number of rotatable bonds is 0. The van der Waals surface area contributed by atoms with E-state index in [4.69, 9.17) is 0 Å². The molecule has 0 nitrogen and oxygen atoms in total. The quantitative estimate of drug-likeness (QED) is 0.316. The molecule has 0 aliphatic rings. The summed E-state index contributed by atoms with van der Waals surface area (Å²) < 4.78 is 0. The van der Waals surface area contributed by atoms with Crippen LogP contribution in [0.4, 0.5) is 18.8 Å². The Hall–Kier alpha value is 1.36. The third-order valence-corrected chi connectivity index (χ3v) is 0. The molecule has 0 aromatic carbocycles. The van der Waals surface area contributed by atoms with E-state index < -0.39 is 0 Å². The summed E-state index contributed by atoms with van der Waals surface area (Å²) in [6, 6.07) is 0. The molecule has 0 amide bonds. The molecule has 0 saturated carbocycles. The second kappa shape index (κ2) is 55.3. The van der Waals surface area contributed by atoms with Crippen LogP contribution in [0.2, 0.25) is 0 Å². The van der Waals surface area contributed by atoms with E-state index in [-0.39, 0.29) is 70.2 Å². The van der Waals surface area contributed by atoms with E-state index >= 15 is 0 Å². The van der Waals surface area contributed by atoms with Crippen molar-refractivity contribution in [3.8, 4) is 0 Å². The number of hydrogen-bond donors (Lipinski definition) is 0. The molecule has 0 bridgehead atoms. The van der Waals surface area contributed by atoms with Crippen LogP contribution in [0.5, 0.6) is 0 Å². The molecular formula is H4F4K. The van der Waals surface area contributed by atoms with Crippen molar-refractivity contribution >= 4 is 51.4 Å². The molecule has 0 aliphatic carbocycles. The van der Waals surface area contributed by atoms with E-state index in [2.05, 4.69) is 0 Å². The molecule has 0 rings (SSSR count). The maximum Gasteiger partial charge on any atom is 0 e. The second-order valence-electron chi connectivity index (χ2n) is 0. The Morgan fingerprint density at radius 3 is 0.400 bits per heavy atom. The Labute approximate surface area is 69.2 Å². The molecule has 0 saturated heterocycles. The van der Waals surface area contributed by atoms with Crippen molar-refractivity contribution in [3.63, 3.8) is 0 Å². The molecular weight excluding hydrogens is 115 g/mol. The van der Waals surface area contributed by atoms with Crippen LogP contribution in [0.25, 0.3) is 0 Å². The maximum atomic E-state index is 0. The molecule has 5 heteroatoms. The van der Waals surface area contributed by atoms with Crippen LogP contribution in [0.3, 0.4) is 0 Å². The first-order chi connectivity index (χ1) is 0. The molecule has 0 aliphatic heterocycles. The fourth-order valence-corrected chi connectivity index (χ4v) is 0. The van der Waals surface area contributed by atoms with Gasteiger partial charge in [0.15, 0.2) is 0 Å². The van der Waals surface area contributed by atoms with Crippen molar-refractivity contribution < 1.29 is 18.8 Å². The summed E-state index contributed by atoms with van der Waals surface area (Å²) in [5, 5.41) is 0. The van der Waals surface area contributed by atoms with Crippen LogP contribution in [0.15, 0.2) is 0 Å². The first-order valence-corrected chi connectivity index (χ1v) is 0. The van der Waals surface area contributed by atoms with Crippen molar-refractivity contribution in [1.82, 2.24) is 0 Å². The van der Waals surface area contributed by atoms with Gasteiger partial charge in [-0.05, 0) is 0 Å². The predicted octanol–water partition coefficient (Wildman–Crippen LogP) is 0.229. The standard InChI is InChI=1S/4FH.K/h4*1H;. The van der Waals surface area contributed by atoms with Crippen LogP contribution in [-0.4, -0.2) is 51.4 Å². The van der Waals surface area contributed by atoms with E-state index in [9.17, 15) is 0 Å². The molecule has 0 aromatic rings. The van der Waals surface area contributed by atoms with Gasteiger partial charge in [0.25, 0.3) is 0 Å². The minimum atomic E-state index is 0. The van der Waals surface area contributed by atoms with E-state index in [0.717, 1.165) is 0 Å². The van der Waals surface area contributed by atoms with E-state index in [1.54, 1.807) is 0 Å². The summed E-state index contributed by atoms with van der Waals surface area (Å²) in [6.07, 6.45) is 0. The molecule has 0 fully saturated rings. The van der Waals surface area contributed by atoms with Crippen LogP contribution in [-0.2, 0) is 0 Å². The molecule has 1 radical (unpaired) electrons. The van der Waals surface area contributed by atoms with E-state index in [1.807, 2.05) is 0 Å². The largest absolute Gasteiger partial charge is 0.269 e. The van der Waals surface area contributed by atoms with Crippen LogP contribution < -0.4 is 0 Å². The Kier molecular flexibility index (Phi) is 1100. The normalized spacial score (nSPS) is 0. The van der Waals surface area contributed by atoms with Crippen molar-refractivity contribution in [2.75, 3.05) is 0 Å². The number of hydrogen-bond acceptors (Lipinski definition) is 0. The van der Waals surface area contributed by atoms with Gasteiger partial charge in [-0.2, -0.15) is 0 Å². The molecule has 5 heavy (non-hydrogen) atoms. The summed E-state index contributed by atoms with van der Waals surface area (Å²) in [5.74, 6) is 0. The first-order valence-electron chi connectivity index (χ1n) is 0. The first kappa shape index (κ1) is 99.1. The average molecular weight is 119 g/mol. The van der Waals surface area contributed by atoms with Crippen LogP contribution >= 0.6 is 0 Å². The van der Waals surface area contributed by atoms with Gasteiger partial charge in [0, 0.05) is 51.4 Å². The zero-order chi connectivity index (χ0) is 0. The molecule has 33 valence electrons. The van der Waals surface area contributed by atoms with Gasteiger partial charge in [-0.3, -0.25) is 18.8 Å². The summed E-state index contributed by atoms with van der Waals surface area (Å²) in [4.78, 5) is 0. The third-order valence-electron chi connectivity index (χ3n) is 0. The molecule has 0 aromatic heterocycles. The maximum absolute atomic E-state index is 0. The average Bonchev–Trinajstić information content (AvgIpc) is 0. The molecule has 0 N–H and O–H groups in total. The number of halogens is 4. The van der Waals surface area contributed by atoms with Gasteiger partial charge in [-0.1, -0.05) is 0 Å². The molecule has 0 spiro atoms. The summed E-state index contributed by atoms with van der Waals surface area (Å²) >= 11 is 0. The molecule has 0 heterocycles. The van der Waals surface area contributed by atoms with Crippen LogP contribution in [0.1, 0.15) is 0 Å². The molecule has 0 unspecified atom stereocenters. The van der Waals surface area contributed by atoms with Gasteiger partial charge >= 0.3 is 0 Å². The summed E-state index contributed by atoms with van der Waals surface area (Å²) in [5.41, 5.74) is 0. The van der Waals surface area contributed by atoms with E-state index in [1.165, 1.54) is 0 Å². The van der Waals surface area contributed by atoms with E-state index in [0.29, 0.717) is 0 Å². The zero-order valence-electron chi connectivity index (χ0n) is 2.63. The second-order valence-corrected chi connectivity index (χ2v) is 0. The smallest absolute Gasteiger partial charge is 0 e. The van der Waals surface area contributed by atoms with Gasteiger partial charge in [0.2, 0.25) is 0 Å². The fourth-order valence-electron chi connectivity index (χ4n) is 0. The van der Waals surface area contributed by atoms with Crippen molar-refractivity contribution in [2.24, 2.45) is 0 Å².